The van der Waals surface area contributed by atoms with Crippen molar-refractivity contribution in [3.63, 3.8) is 0 Å². The first kappa shape index (κ1) is 26.5. The minimum absolute atomic E-state index is 0.106. The molecule has 0 aliphatic heterocycles. The van der Waals surface area contributed by atoms with Gasteiger partial charge < -0.3 is 5.32 Å². The maximum Gasteiger partial charge on any atom is 0.264 e. The second kappa shape index (κ2) is 12.6. The molecule has 0 fully saturated rings. The van der Waals surface area contributed by atoms with Gasteiger partial charge in [-0.15, -0.1) is 0 Å². The van der Waals surface area contributed by atoms with Crippen LogP contribution in [0.1, 0.15) is 27.0 Å². The molecule has 5 nitrogen and oxygen atoms in total. The molecule has 0 atom stereocenters. The molecular weight excluding hydrogens is 500 g/mol. The Labute approximate surface area is 223 Å². The number of aryl methyl sites for hydroxylation is 1. The average molecular weight is 531 g/mol. The number of hydrogen-bond donors (Lipinski definition) is 1. The van der Waals surface area contributed by atoms with Crippen LogP contribution in [0, 0.1) is 6.92 Å². The summed E-state index contributed by atoms with van der Waals surface area (Å²) in [4.78, 5) is 13.4. The van der Waals surface area contributed by atoms with E-state index in [9.17, 15) is 13.2 Å². The van der Waals surface area contributed by atoms with Gasteiger partial charge in [-0.3, -0.25) is 9.10 Å². The summed E-state index contributed by atoms with van der Waals surface area (Å²) in [6.45, 7) is 2.66. The van der Waals surface area contributed by atoms with Gasteiger partial charge in [0.15, 0.2) is 0 Å². The van der Waals surface area contributed by atoms with Crippen LogP contribution in [0.15, 0.2) is 114 Å². The second-order valence-electron chi connectivity index (χ2n) is 8.63. The number of rotatable bonds is 11. The Morgan fingerprint density at radius 2 is 1.46 bits per heavy atom. The van der Waals surface area contributed by atoms with Crippen molar-refractivity contribution >= 4 is 33.4 Å². The Balaban J connectivity index is 1.52. The van der Waals surface area contributed by atoms with Crippen LogP contribution < -0.4 is 9.62 Å². The number of carbonyl (C=O) groups is 1. The van der Waals surface area contributed by atoms with Crippen molar-refractivity contribution in [3.8, 4) is 0 Å². The summed E-state index contributed by atoms with van der Waals surface area (Å²) in [6, 6.07) is 32.9. The third-order valence-electron chi connectivity index (χ3n) is 5.80. The third-order valence-corrected chi connectivity index (χ3v) is 8.60. The number of sulfonamides is 1. The Bertz CT molecular complexity index is 1430. The van der Waals surface area contributed by atoms with E-state index in [1.807, 2.05) is 30.3 Å². The SMILES string of the molecule is Cc1cccc(CSCCNC(=O)c2ccccc2N(Cc2ccccc2)S(=O)(=O)c2ccccc2)c1. The van der Waals surface area contributed by atoms with Crippen LogP contribution in [0.5, 0.6) is 0 Å². The highest BCUT2D eigenvalue weighted by molar-refractivity contribution is 7.98. The quantitative estimate of drug-likeness (QED) is 0.240. The first-order valence-electron chi connectivity index (χ1n) is 12.1. The van der Waals surface area contributed by atoms with Gasteiger partial charge in [-0.05, 0) is 42.3 Å². The molecule has 4 aromatic rings. The lowest BCUT2D eigenvalue weighted by atomic mass is 10.1. The van der Waals surface area contributed by atoms with Crippen LogP contribution >= 0.6 is 11.8 Å². The minimum Gasteiger partial charge on any atom is -0.351 e. The smallest absolute Gasteiger partial charge is 0.264 e. The predicted octanol–water partition coefficient (Wildman–Crippen LogP) is 6.05. The topological polar surface area (TPSA) is 66.5 Å². The molecule has 0 saturated heterocycles. The van der Waals surface area contributed by atoms with Crippen molar-refractivity contribution in [2.45, 2.75) is 24.1 Å². The van der Waals surface area contributed by atoms with Gasteiger partial charge in [0.05, 0.1) is 22.7 Å². The Morgan fingerprint density at radius 1 is 0.811 bits per heavy atom. The van der Waals surface area contributed by atoms with Crippen LogP contribution in [-0.4, -0.2) is 26.6 Å². The van der Waals surface area contributed by atoms with Crippen molar-refractivity contribution in [2.24, 2.45) is 0 Å². The summed E-state index contributed by atoms with van der Waals surface area (Å²) >= 11 is 1.75. The first-order chi connectivity index (χ1) is 17.9. The predicted molar refractivity (Wildman–Crippen MR) is 152 cm³/mol. The molecule has 0 saturated carbocycles. The van der Waals surface area contributed by atoms with Gasteiger partial charge in [-0.25, -0.2) is 8.42 Å². The average Bonchev–Trinajstić information content (AvgIpc) is 2.92. The molecule has 0 aromatic heterocycles. The lowest BCUT2D eigenvalue weighted by molar-refractivity contribution is 0.0957. The summed E-state index contributed by atoms with van der Waals surface area (Å²) < 4.78 is 28.8. The van der Waals surface area contributed by atoms with Gasteiger partial charge in [0.25, 0.3) is 15.9 Å². The van der Waals surface area contributed by atoms with Gasteiger partial charge in [0, 0.05) is 18.1 Å². The zero-order valence-electron chi connectivity index (χ0n) is 20.7. The van der Waals surface area contributed by atoms with E-state index in [1.165, 1.54) is 15.4 Å². The number of nitrogens with one attached hydrogen (secondary N) is 1. The fourth-order valence-corrected chi connectivity index (χ4v) is 6.27. The summed E-state index contributed by atoms with van der Waals surface area (Å²) in [6.07, 6.45) is 0. The highest BCUT2D eigenvalue weighted by Gasteiger charge is 2.28. The van der Waals surface area contributed by atoms with Crippen molar-refractivity contribution in [2.75, 3.05) is 16.6 Å². The normalized spacial score (nSPS) is 11.2. The molecule has 0 unspecified atom stereocenters. The van der Waals surface area contributed by atoms with Gasteiger partial charge >= 0.3 is 0 Å². The van der Waals surface area contributed by atoms with Crippen LogP contribution in [0.25, 0.3) is 0 Å². The fourth-order valence-electron chi connectivity index (χ4n) is 3.98. The molecule has 190 valence electrons. The zero-order chi connectivity index (χ0) is 26.1. The summed E-state index contributed by atoms with van der Waals surface area (Å²) in [5, 5.41) is 2.97. The molecule has 4 aromatic carbocycles. The van der Waals surface area contributed by atoms with E-state index in [-0.39, 0.29) is 17.3 Å². The van der Waals surface area contributed by atoms with E-state index in [4.69, 9.17) is 0 Å². The Hall–Kier alpha value is -3.55. The van der Waals surface area contributed by atoms with Gasteiger partial charge in [0.2, 0.25) is 0 Å². The van der Waals surface area contributed by atoms with E-state index in [0.29, 0.717) is 17.8 Å². The van der Waals surface area contributed by atoms with E-state index in [2.05, 4.69) is 36.5 Å². The molecule has 37 heavy (non-hydrogen) atoms. The fraction of sp³-hybridized carbons (Fsp3) is 0.167. The summed E-state index contributed by atoms with van der Waals surface area (Å²) in [5.74, 6) is 1.32. The number of hydrogen-bond acceptors (Lipinski definition) is 4. The van der Waals surface area contributed by atoms with Crippen LogP contribution in [-0.2, 0) is 22.3 Å². The molecule has 0 aliphatic carbocycles. The van der Waals surface area contributed by atoms with Crippen LogP contribution in [0.4, 0.5) is 5.69 Å². The highest BCUT2D eigenvalue weighted by Crippen LogP contribution is 2.29. The van der Waals surface area contributed by atoms with Gasteiger partial charge in [0.1, 0.15) is 0 Å². The number of anilines is 1. The van der Waals surface area contributed by atoms with Crippen molar-refractivity contribution in [1.82, 2.24) is 5.32 Å². The minimum atomic E-state index is -3.92. The molecule has 0 radical (unpaired) electrons. The van der Waals surface area contributed by atoms with Gasteiger partial charge in [-0.2, -0.15) is 11.8 Å². The maximum atomic E-state index is 13.8. The number of para-hydroxylation sites is 1. The largest absolute Gasteiger partial charge is 0.351 e. The summed E-state index contributed by atoms with van der Waals surface area (Å²) in [5.41, 5.74) is 3.98. The molecule has 7 heteroatoms. The van der Waals surface area contributed by atoms with E-state index in [0.717, 1.165) is 17.1 Å². The lowest BCUT2D eigenvalue weighted by Crippen LogP contribution is -2.34. The molecule has 1 N–H and O–H groups in total. The van der Waals surface area contributed by atoms with Crippen LogP contribution in [0.2, 0.25) is 0 Å². The second-order valence-corrected chi connectivity index (χ2v) is 11.6. The number of amides is 1. The van der Waals surface area contributed by atoms with Crippen molar-refractivity contribution in [3.05, 3.63) is 131 Å². The molecule has 1 amide bonds. The molecule has 0 spiro atoms. The van der Waals surface area contributed by atoms with Crippen molar-refractivity contribution in [1.29, 1.82) is 0 Å². The number of thioether (sulfide) groups is 1. The van der Waals surface area contributed by atoms with E-state index < -0.39 is 10.0 Å². The standard InChI is InChI=1S/C30H30N2O3S2/c1-24-11-10-14-26(21-24)23-36-20-19-31-30(33)28-17-8-9-18-29(28)32(22-25-12-4-2-5-13-25)37(34,35)27-15-6-3-7-16-27/h2-18,21H,19-20,22-23H2,1H3,(H,31,33). The number of benzene rings is 4. The Morgan fingerprint density at radius 3 is 2.19 bits per heavy atom. The molecule has 0 heterocycles. The Kier molecular flexibility index (Phi) is 9.04. The maximum absolute atomic E-state index is 13.8. The monoisotopic (exact) mass is 530 g/mol. The first-order valence-corrected chi connectivity index (χ1v) is 14.7. The molecular formula is C30H30N2O3S2. The van der Waals surface area contributed by atoms with E-state index >= 15 is 0 Å². The number of nitrogens with zero attached hydrogens (tertiary/aromatic N) is 1. The highest BCUT2D eigenvalue weighted by atomic mass is 32.2. The van der Waals surface area contributed by atoms with E-state index in [1.54, 1.807) is 66.4 Å². The van der Waals surface area contributed by atoms with Crippen molar-refractivity contribution < 1.29 is 13.2 Å². The molecule has 4 rings (SSSR count). The summed E-state index contributed by atoms with van der Waals surface area (Å²) in [7, 11) is -3.92. The molecule has 0 bridgehead atoms. The van der Waals surface area contributed by atoms with Crippen LogP contribution in [0.3, 0.4) is 0 Å². The number of carbonyl (C=O) groups excluding carboxylic acids is 1. The zero-order valence-corrected chi connectivity index (χ0v) is 22.3. The lowest BCUT2D eigenvalue weighted by Gasteiger charge is -2.26. The third kappa shape index (κ3) is 7.02. The molecule has 0 aliphatic rings. The van der Waals surface area contributed by atoms with Gasteiger partial charge in [-0.1, -0.05) is 90.5 Å².